The van der Waals surface area contributed by atoms with Gasteiger partial charge in [-0.2, -0.15) is 9.40 Å². The highest BCUT2D eigenvalue weighted by Gasteiger charge is 2.35. The number of benzene rings is 1. The highest BCUT2D eigenvalue weighted by Crippen LogP contribution is 2.32. The van der Waals surface area contributed by atoms with Crippen molar-refractivity contribution in [2.24, 2.45) is 7.05 Å². The number of carbonyl (C=O) groups is 1. The number of amides is 1. The van der Waals surface area contributed by atoms with Crippen molar-refractivity contribution in [1.29, 1.82) is 0 Å². The fourth-order valence-electron chi connectivity index (χ4n) is 4.48. The van der Waals surface area contributed by atoms with Crippen molar-refractivity contribution < 1.29 is 13.2 Å². The normalized spacial score (nSPS) is 16.5. The van der Waals surface area contributed by atoms with E-state index in [-0.39, 0.29) is 35.5 Å². The Kier molecular flexibility index (Phi) is 5.45. The average molecular weight is 480 g/mol. The number of H-pyrrole nitrogens is 1. The molecule has 1 atom stereocenters. The Labute approximate surface area is 197 Å². The Morgan fingerprint density at radius 2 is 2.12 bits per heavy atom. The first-order chi connectivity index (χ1) is 16.3. The molecule has 4 aromatic rings. The molecule has 1 aliphatic heterocycles. The molecule has 0 bridgehead atoms. The van der Waals surface area contributed by atoms with Crippen molar-refractivity contribution in [3.05, 3.63) is 71.2 Å². The molecule has 0 aliphatic carbocycles. The molecular formula is C23H25N7O3S. The van der Waals surface area contributed by atoms with Gasteiger partial charge in [0.15, 0.2) is 0 Å². The Balaban J connectivity index is 1.39. The molecule has 10 nitrogen and oxygen atoms in total. The number of aromatic nitrogens is 5. The van der Waals surface area contributed by atoms with Crippen LogP contribution in [0.5, 0.6) is 0 Å². The predicted octanol–water partition coefficient (Wildman–Crippen LogP) is 2.24. The fourth-order valence-corrected chi connectivity index (χ4v) is 6.26. The van der Waals surface area contributed by atoms with Gasteiger partial charge in [0.1, 0.15) is 16.9 Å². The van der Waals surface area contributed by atoms with Gasteiger partial charge in [-0.05, 0) is 24.6 Å². The Morgan fingerprint density at radius 3 is 2.94 bits per heavy atom. The number of nitrogens with zero attached hydrogens (tertiary/aromatic N) is 5. The highest BCUT2D eigenvalue weighted by atomic mass is 32.2. The number of aromatic amines is 1. The summed E-state index contributed by atoms with van der Waals surface area (Å²) in [5.74, 6) is -0.359. The van der Waals surface area contributed by atoms with Crippen molar-refractivity contribution in [2.45, 2.75) is 37.8 Å². The lowest BCUT2D eigenvalue weighted by Gasteiger charge is -2.29. The quantitative estimate of drug-likeness (QED) is 0.452. The standard InChI is InChI=1S/C23H25N7O3S/c1-14-11-30(12-17-9-27-28-22(14)17)34(32,33)21-7-20(29(3)15(21)2)23(31)25-8-16-5-4-6-19-18(16)10-24-13-26-19/h4-7,9-10,13-14H,8,11-12H2,1-3H3,(H,25,31)(H,27,28)/t14-/m1/s1. The summed E-state index contributed by atoms with van der Waals surface area (Å²) < 4.78 is 30.1. The average Bonchev–Trinajstić information content (AvgIpc) is 3.43. The molecular weight excluding hydrogens is 454 g/mol. The summed E-state index contributed by atoms with van der Waals surface area (Å²) in [4.78, 5) is 21.5. The summed E-state index contributed by atoms with van der Waals surface area (Å²) in [7, 11) is -2.11. The van der Waals surface area contributed by atoms with Gasteiger partial charge in [0.05, 0.1) is 11.7 Å². The van der Waals surface area contributed by atoms with Crippen molar-refractivity contribution in [3.8, 4) is 0 Å². The lowest BCUT2D eigenvalue weighted by Crippen LogP contribution is -2.37. The second-order valence-electron chi connectivity index (χ2n) is 8.60. The molecule has 0 saturated carbocycles. The minimum absolute atomic E-state index is 0.00233. The van der Waals surface area contributed by atoms with E-state index in [1.165, 1.54) is 16.7 Å². The number of nitrogens with one attached hydrogen (secondary N) is 2. The van der Waals surface area contributed by atoms with Crippen molar-refractivity contribution in [1.82, 2.24) is 34.4 Å². The number of fused-ring (bicyclic) bond motifs is 2. The summed E-state index contributed by atoms with van der Waals surface area (Å²) in [5, 5.41) is 10.8. The minimum atomic E-state index is -3.80. The zero-order valence-corrected chi connectivity index (χ0v) is 19.9. The molecule has 0 unspecified atom stereocenters. The van der Waals surface area contributed by atoms with Crippen LogP contribution in [0.3, 0.4) is 0 Å². The van der Waals surface area contributed by atoms with Crippen LogP contribution >= 0.6 is 0 Å². The number of sulfonamides is 1. The zero-order chi connectivity index (χ0) is 24.0. The number of hydrogen-bond acceptors (Lipinski definition) is 6. The largest absolute Gasteiger partial charge is 0.347 e. The van der Waals surface area contributed by atoms with E-state index in [0.717, 1.165) is 27.7 Å². The van der Waals surface area contributed by atoms with E-state index >= 15 is 0 Å². The molecule has 11 heteroatoms. The summed E-state index contributed by atoms with van der Waals surface area (Å²) in [6.07, 6.45) is 4.87. The third kappa shape index (κ3) is 3.66. The van der Waals surface area contributed by atoms with Crippen LogP contribution in [0.4, 0.5) is 0 Å². The van der Waals surface area contributed by atoms with Crippen LogP contribution < -0.4 is 5.32 Å². The third-order valence-electron chi connectivity index (χ3n) is 6.49. The van der Waals surface area contributed by atoms with E-state index in [4.69, 9.17) is 0 Å². The van der Waals surface area contributed by atoms with Crippen LogP contribution in [0.2, 0.25) is 0 Å². The second kappa shape index (κ2) is 8.33. The first-order valence-electron chi connectivity index (χ1n) is 10.9. The Morgan fingerprint density at radius 1 is 1.29 bits per heavy atom. The molecule has 5 rings (SSSR count). The van der Waals surface area contributed by atoms with Crippen molar-refractivity contribution in [3.63, 3.8) is 0 Å². The van der Waals surface area contributed by atoms with Gasteiger partial charge >= 0.3 is 0 Å². The molecule has 0 radical (unpaired) electrons. The SMILES string of the molecule is Cc1c(S(=O)(=O)N2Cc3cn[nH]c3[C@H](C)C2)cc(C(=O)NCc2cccc3ncncc23)n1C. The van der Waals surface area contributed by atoms with Gasteiger partial charge in [-0.25, -0.2) is 18.4 Å². The summed E-state index contributed by atoms with van der Waals surface area (Å²) in [6.45, 7) is 4.53. The third-order valence-corrected chi connectivity index (χ3v) is 8.41. The molecule has 3 aromatic heterocycles. The van der Waals surface area contributed by atoms with E-state index in [9.17, 15) is 13.2 Å². The van der Waals surface area contributed by atoms with Gasteiger partial charge in [-0.1, -0.05) is 19.1 Å². The maximum Gasteiger partial charge on any atom is 0.268 e. The lowest BCUT2D eigenvalue weighted by atomic mass is 10.0. The number of carbonyl (C=O) groups excluding carboxylic acids is 1. The molecule has 34 heavy (non-hydrogen) atoms. The highest BCUT2D eigenvalue weighted by molar-refractivity contribution is 7.89. The van der Waals surface area contributed by atoms with Crippen LogP contribution in [0.1, 0.15) is 45.8 Å². The Hall–Kier alpha value is -3.57. The van der Waals surface area contributed by atoms with Gasteiger partial charge in [0.2, 0.25) is 10.0 Å². The molecule has 1 amide bonds. The van der Waals surface area contributed by atoms with Gasteiger partial charge in [-0.3, -0.25) is 9.89 Å². The van der Waals surface area contributed by atoms with E-state index in [1.807, 2.05) is 25.1 Å². The van der Waals surface area contributed by atoms with Crippen LogP contribution in [-0.2, 0) is 30.2 Å². The number of hydrogen-bond donors (Lipinski definition) is 2. The van der Waals surface area contributed by atoms with E-state index < -0.39 is 10.0 Å². The second-order valence-corrected chi connectivity index (χ2v) is 10.5. The molecule has 176 valence electrons. The molecule has 1 aliphatic rings. The number of rotatable bonds is 5. The smallest absolute Gasteiger partial charge is 0.268 e. The molecule has 0 spiro atoms. The van der Waals surface area contributed by atoms with Gasteiger partial charge in [0, 0.05) is 61.1 Å². The summed E-state index contributed by atoms with van der Waals surface area (Å²) >= 11 is 0. The van der Waals surface area contributed by atoms with Gasteiger partial charge in [0.25, 0.3) is 5.91 Å². The fraction of sp³-hybridized carbons (Fsp3) is 0.304. The molecule has 0 saturated heterocycles. The van der Waals surface area contributed by atoms with Crippen LogP contribution in [-0.4, -0.2) is 49.9 Å². The maximum absolute atomic E-state index is 13.5. The summed E-state index contributed by atoms with van der Waals surface area (Å²) in [5.41, 5.74) is 4.30. The van der Waals surface area contributed by atoms with Gasteiger partial charge < -0.3 is 9.88 Å². The minimum Gasteiger partial charge on any atom is -0.347 e. The van der Waals surface area contributed by atoms with Crippen LogP contribution in [0, 0.1) is 6.92 Å². The topological polar surface area (TPSA) is 126 Å². The van der Waals surface area contributed by atoms with E-state index in [0.29, 0.717) is 12.2 Å². The molecule has 0 fully saturated rings. The van der Waals surface area contributed by atoms with E-state index in [1.54, 1.807) is 30.9 Å². The van der Waals surface area contributed by atoms with Crippen molar-refractivity contribution in [2.75, 3.05) is 6.54 Å². The Bertz CT molecular complexity index is 1500. The van der Waals surface area contributed by atoms with Gasteiger partial charge in [-0.15, -0.1) is 0 Å². The van der Waals surface area contributed by atoms with Crippen LogP contribution in [0.25, 0.3) is 10.9 Å². The first kappa shape index (κ1) is 22.2. The molecule has 4 heterocycles. The lowest BCUT2D eigenvalue weighted by molar-refractivity contribution is 0.0942. The zero-order valence-electron chi connectivity index (χ0n) is 19.1. The van der Waals surface area contributed by atoms with Crippen molar-refractivity contribution >= 4 is 26.8 Å². The summed E-state index contributed by atoms with van der Waals surface area (Å²) in [6, 6.07) is 7.12. The first-order valence-corrected chi connectivity index (χ1v) is 12.4. The van der Waals surface area contributed by atoms with Crippen LogP contribution in [0.15, 0.2) is 47.9 Å². The molecule has 2 N–H and O–H groups in total. The maximum atomic E-state index is 13.5. The predicted molar refractivity (Wildman–Crippen MR) is 125 cm³/mol. The molecule has 1 aromatic carbocycles. The monoisotopic (exact) mass is 479 g/mol. The van der Waals surface area contributed by atoms with E-state index in [2.05, 4.69) is 25.5 Å².